The zero-order valence-electron chi connectivity index (χ0n) is 11.1. The summed E-state index contributed by atoms with van der Waals surface area (Å²) in [7, 11) is 1.14. The number of amides is 2. The highest BCUT2D eigenvalue weighted by molar-refractivity contribution is 5.86. The van der Waals surface area contributed by atoms with Gasteiger partial charge in [-0.15, -0.1) is 0 Å². The maximum absolute atomic E-state index is 11.5. The molecule has 0 aliphatic carbocycles. The fourth-order valence-corrected chi connectivity index (χ4v) is 1.41. The van der Waals surface area contributed by atoms with Gasteiger partial charge in [-0.25, -0.2) is 9.59 Å². The fraction of sp³-hybridized carbons (Fsp3) is 0.417. The Hall–Kier alpha value is -2.51. The summed E-state index contributed by atoms with van der Waals surface area (Å²) in [5.41, 5.74) is 0. The van der Waals surface area contributed by atoms with Crippen LogP contribution < -0.4 is 10.6 Å². The third-order valence-electron chi connectivity index (χ3n) is 2.42. The van der Waals surface area contributed by atoms with Gasteiger partial charge in [0, 0.05) is 0 Å². The maximum Gasteiger partial charge on any atom is 0.326 e. The van der Waals surface area contributed by atoms with Crippen molar-refractivity contribution in [3.05, 3.63) is 23.7 Å². The minimum atomic E-state index is -1.35. The maximum atomic E-state index is 11.5. The second-order valence-electron chi connectivity index (χ2n) is 4.01. The number of carbonyl (C=O) groups excluding carboxylic acids is 2. The first-order valence-electron chi connectivity index (χ1n) is 5.81. The van der Waals surface area contributed by atoms with E-state index in [1.807, 2.05) is 0 Å². The quantitative estimate of drug-likeness (QED) is 0.651. The van der Waals surface area contributed by atoms with Crippen molar-refractivity contribution in [2.45, 2.75) is 25.9 Å². The van der Waals surface area contributed by atoms with Gasteiger partial charge >= 0.3 is 18.0 Å². The van der Waals surface area contributed by atoms with Gasteiger partial charge in [0.2, 0.25) is 0 Å². The van der Waals surface area contributed by atoms with E-state index in [9.17, 15) is 14.4 Å². The Balaban J connectivity index is 2.45. The van der Waals surface area contributed by atoms with Crippen LogP contribution in [0.5, 0.6) is 0 Å². The van der Waals surface area contributed by atoms with Crippen LogP contribution in [-0.4, -0.2) is 36.2 Å². The summed E-state index contributed by atoms with van der Waals surface area (Å²) in [4.78, 5) is 33.4. The smallest absolute Gasteiger partial charge is 0.326 e. The third kappa shape index (κ3) is 5.01. The molecule has 0 radical (unpaired) electrons. The first-order valence-corrected chi connectivity index (χ1v) is 5.81. The Morgan fingerprint density at radius 2 is 2.10 bits per heavy atom. The summed E-state index contributed by atoms with van der Waals surface area (Å²) in [6.45, 7) is 1.88. The number of hydrogen-bond acceptors (Lipinski definition) is 5. The van der Waals surface area contributed by atoms with Gasteiger partial charge in [-0.3, -0.25) is 4.79 Å². The molecular formula is C12H16N2O6. The van der Waals surface area contributed by atoms with Gasteiger partial charge in [0.05, 0.1) is 20.1 Å². The standard InChI is InChI=1S/C12H16N2O6/c1-7-3-4-8(20-7)6-13-12(18)14-9(11(16)17)5-10(15)19-2/h3-4,9H,5-6H2,1-2H3,(H,16,17)(H2,13,14,18)/t9-/m0/s1. The van der Waals surface area contributed by atoms with Gasteiger partial charge in [0.1, 0.15) is 17.6 Å². The second kappa shape index (κ2) is 7.17. The topological polar surface area (TPSA) is 118 Å². The van der Waals surface area contributed by atoms with Gasteiger partial charge in [0.15, 0.2) is 0 Å². The molecule has 0 fully saturated rings. The van der Waals surface area contributed by atoms with Gasteiger partial charge < -0.3 is 24.9 Å². The van der Waals surface area contributed by atoms with Crippen molar-refractivity contribution in [1.82, 2.24) is 10.6 Å². The highest BCUT2D eigenvalue weighted by atomic mass is 16.5. The molecule has 20 heavy (non-hydrogen) atoms. The van der Waals surface area contributed by atoms with Crippen LogP contribution in [0.2, 0.25) is 0 Å². The number of urea groups is 1. The molecule has 1 atom stereocenters. The van der Waals surface area contributed by atoms with E-state index in [1.165, 1.54) is 0 Å². The lowest BCUT2D eigenvalue weighted by molar-refractivity contribution is -0.147. The molecule has 0 unspecified atom stereocenters. The molecule has 1 aromatic rings. The minimum absolute atomic E-state index is 0.115. The Morgan fingerprint density at radius 3 is 2.60 bits per heavy atom. The molecule has 110 valence electrons. The largest absolute Gasteiger partial charge is 0.480 e. The predicted molar refractivity (Wildman–Crippen MR) is 66.9 cm³/mol. The minimum Gasteiger partial charge on any atom is -0.480 e. The highest BCUT2D eigenvalue weighted by Crippen LogP contribution is 2.05. The molecule has 1 heterocycles. The number of carbonyl (C=O) groups is 3. The number of carboxylic acid groups (broad SMARTS) is 1. The fourth-order valence-electron chi connectivity index (χ4n) is 1.41. The number of esters is 1. The van der Waals surface area contributed by atoms with E-state index in [1.54, 1.807) is 19.1 Å². The Kier molecular flexibility index (Phi) is 5.57. The first kappa shape index (κ1) is 15.5. The third-order valence-corrected chi connectivity index (χ3v) is 2.42. The van der Waals surface area contributed by atoms with E-state index in [-0.39, 0.29) is 6.54 Å². The summed E-state index contributed by atoms with van der Waals surface area (Å²) in [5, 5.41) is 13.5. The molecule has 0 aromatic carbocycles. The molecule has 0 spiro atoms. The van der Waals surface area contributed by atoms with Crippen LogP contribution in [0.3, 0.4) is 0 Å². The van der Waals surface area contributed by atoms with Gasteiger partial charge in [0.25, 0.3) is 0 Å². The van der Waals surface area contributed by atoms with Crippen LogP contribution in [0.15, 0.2) is 16.5 Å². The Bertz CT molecular complexity index is 496. The SMILES string of the molecule is COC(=O)C[C@H](NC(=O)NCc1ccc(C)o1)C(=O)O. The molecule has 0 bridgehead atoms. The van der Waals surface area contributed by atoms with Crippen LogP contribution in [0.4, 0.5) is 4.79 Å². The van der Waals surface area contributed by atoms with Gasteiger partial charge in [-0.2, -0.15) is 0 Å². The van der Waals surface area contributed by atoms with Crippen molar-refractivity contribution >= 4 is 18.0 Å². The van der Waals surface area contributed by atoms with Crippen molar-refractivity contribution in [2.24, 2.45) is 0 Å². The van der Waals surface area contributed by atoms with Crippen molar-refractivity contribution < 1.29 is 28.6 Å². The van der Waals surface area contributed by atoms with E-state index in [0.717, 1.165) is 7.11 Å². The molecule has 8 nitrogen and oxygen atoms in total. The highest BCUT2D eigenvalue weighted by Gasteiger charge is 2.23. The van der Waals surface area contributed by atoms with E-state index in [0.29, 0.717) is 11.5 Å². The number of aliphatic carboxylic acids is 1. The predicted octanol–water partition coefficient (Wildman–Crippen LogP) is 0.404. The number of furan rings is 1. The van der Waals surface area contributed by atoms with Crippen LogP contribution in [-0.2, 0) is 20.9 Å². The van der Waals surface area contributed by atoms with E-state index >= 15 is 0 Å². The normalized spacial score (nSPS) is 11.5. The molecule has 1 rings (SSSR count). The van der Waals surface area contributed by atoms with Crippen LogP contribution in [0.25, 0.3) is 0 Å². The lowest BCUT2D eigenvalue weighted by Gasteiger charge is -2.13. The molecule has 8 heteroatoms. The summed E-state index contributed by atoms with van der Waals surface area (Å²) in [5.74, 6) is -0.799. The molecule has 2 amide bonds. The van der Waals surface area contributed by atoms with E-state index in [4.69, 9.17) is 9.52 Å². The molecule has 0 saturated carbocycles. The van der Waals surface area contributed by atoms with Crippen LogP contribution in [0.1, 0.15) is 17.9 Å². The number of methoxy groups -OCH3 is 1. The summed E-state index contributed by atoms with van der Waals surface area (Å²) in [6.07, 6.45) is -0.445. The van der Waals surface area contributed by atoms with E-state index < -0.39 is 30.4 Å². The lowest BCUT2D eigenvalue weighted by atomic mass is 10.2. The Labute approximate surface area is 115 Å². The number of rotatable bonds is 6. The first-order chi connectivity index (χ1) is 9.42. The zero-order chi connectivity index (χ0) is 15.1. The van der Waals surface area contributed by atoms with Crippen molar-refractivity contribution in [2.75, 3.05) is 7.11 Å². The molecule has 0 aliphatic rings. The van der Waals surface area contributed by atoms with Crippen molar-refractivity contribution in [3.63, 3.8) is 0 Å². The number of hydrogen-bond donors (Lipinski definition) is 3. The Morgan fingerprint density at radius 1 is 1.40 bits per heavy atom. The van der Waals surface area contributed by atoms with E-state index in [2.05, 4.69) is 15.4 Å². The average molecular weight is 284 g/mol. The summed E-state index contributed by atoms with van der Waals surface area (Å²) < 4.78 is 9.59. The van der Waals surface area contributed by atoms with Crippen molar-refractivity contribution in [3.8, 4) is 0 Å². The molecule has 3 N–H and O–H groups in total. The van der Waals surface area contributed by atoms with Crippen LogP contribution >= 0.6 is 0 Å². The van der Waals surface area contributed by atoms with Gasteiger partial charge in [-0.05, 0) is 19.1 Å². The average Bonchev–Trinajstić information content (AvgIpc) is 2.81. The number of nitrogens with one attached hydrogen (secondary N) is 2. The lowest BCUT2D eigenvalue weighted by Crippen LogP contribution is -2.46. The number of carboxylic acids is 1. The summed E-state index contributed by atoms with van der Waals surface area (Å²) >= 11 is 0. The summed E-state index contributed by atoms with van der Waals surface area (Å²) in [6, 6.07) is 1.38. The number of aryl methyl sites for hydroxylation is 1. The zero-order valence-corrected chi connectivity index (χ0v) is 11.1. The van der Waals surface area contributed by atoms with Crippen LogP contribution in [0, 0.1) is 6.92 Å². The molecule has 1 aromatic heterocycles. The monoisotopic (exact) mass is 284 g/mol. The molecule has 0 aliphatic heterocycles. The molecule has 0 saturated heterocycles. The van der Waals surface area contributed by atoms with Gasteiger partial charge in [-0.1, -0.05) is 0 Å². The number of ether oxygens (including phenoxy) is 1. The molecular weight excluding hydrogens is 268 g/mol. The van der Waals surface area contributed by atoms with Crippen molar-refractivity contribution in [1.29, 1.82) is 0 Å². The second-order valence-corrected chi connectivity index (χ2v) is 4.01.